The minimum Gasteiger partial charge on any atom is -0.393 e. The van der Waals surface area contributed by atoms with E-state index in [1.165, 1.54) is 12.8 Å². The largest absolute Gasteiger partial charge is 0.393 e. The van der Waals surface area contributed by atoms with Gasteiger partial charge in [-0.25, -0.2) is 0 Å². The van der Waals surface area contributed by atoms with E-state index in [0.29, 0.717) is 17.8 Å². The van der Waals surface area contributed by atoms with Crippen molar-refractivity contribution < 1.29 is 4.79 Å². The molecule has 0 saturated carbocycles. The lowest BCUT2D eigenvalue weighted by Gasteiger charge is -2.12. The first kappa shape index (κ1) is 14.4. The highest BCUT2D eigenvalue weighted by Crippen LogP contribution is 2.02. The molecule has 0 aliphatic rings. The van der Waals surface area contributed by atoms with Crippen molar-refractivity contribution in [3.63, 3.8) is 0 Å². The van der Waals surface area contributed by atoms with Gasteiger partial charge in [0.05, 0.1) is 4.99 Å². The zero-order valence-corrected chi connectivity index (χ0v) is 10.5. The second-order valence-electron chi connectivity index (χ2n) is 3.95. The van der Waals surface area contributed by atoms with Crippen LogP contribution in [0.25, 0.3) is 0 Å². The molecule has 0 aromatic heterocycles. The third-order valence-electron chi connectivity index (χ3n) is 2.17. The van der Waals surface area contributed by atoms with Gasteiger partial charge in [0.25, 0.3) is 0 Å². The lowest BCUT2D eigenvalue weighted by atomic mass is 10.1. The standard InChI is InChI=1S/C11H22N2OS/c1-3-4-5-6-7-11(14)13-9(2)8-10(12)15/h9H,3-8H2,1-2H3,(H2,12,15)(H,13,14). The third kappa shape index (κ3) is 9.66. The topological polar surface area (TPSA) is 55.1 Å². The molecule has 4 heteroatoms. The highest BCUT2D eigenvalue weighted by molar-refractivity contribution is 7.80. The molecule has 0 spiro atoms. The molecule has 0 rings (SSSR count). The maximum absolute atomic E-state index is 11.4. The fourth-order valence-electron chi connectivity index (χ4n) is 1.41. The van der Waals surface area contributed by atoms with E-state index in [1.807, 2.05) is 6.92 Å². The quantitative estimate of drug-likeness (QED) is 0.496. The van der Waals surface area contributed by atoms with Crippen LogP contribution in [-0.4, -0.2) is 16.9 Å². The molecule has 15 heavy (non-hydrogen) atoms. The molecule has 0 saturated heterocycles. The van der Waals surface area contributed by atoms with Gasteiger partial charge in [0.15, 0.2) is 0 Å². The Labute approximate surface area is 97.8 Å². The van der Waals surface area contributed by atoms with Crippen LogP contribution in [-0.2, 0) is 4.79 Å². The maximum Gasteiger partial charge on any atom is 0.220 e. The Hall–Kier alpha value is -0.640. The van der Waals surface area contributed by atoms with Crippen molar-refractivity contribution in [3.8, 4) is 0 Å². The van der Waals surface area contributed by atoms with Crippen LogP contribution >= 0.6 is 12.2 Å². The van der Waals surface area contributed by atoms with Crippen LogP contribution in [0, 0.1) is 0 Å². The van der Waals surface area contributed by atoms with Crippen LogP contribution in [0.1, 0.15) is 52.4 Å². The average molecular weight is 230 g/mol. The molecule has 1 amide bonds. The van der Waals surface area contributed by atoms with Crippen molar-refractivity contribution in [2.45, 2.75) is 58.4 Å². The molecule has 0 aliphatic heterocycles. The summed E-state index contributed by atoms with van der Waals surface area (Å²) in [6, 6.07) is 0.0566. The smallest absolute Gasteiger partial charge is 0.220 e. The summed E-state index contributed by atoms with van der Waals surface area (Å²) in [5.74, 6) is 0.106. The average Bonchev–Trinajstić information content (AvgIpc) is 2.10. The highest BCUT2D eigenvalue weighted by atomic mass is 32.1. The Morgan fingerprint density at radius 3 is 2.60 bits per heavy atom. The van der Waals surface area contributed by atoms with E-state index in [1.54, 1.807) is 0 Å². The molecule has 1 atom stereocenters. The molecule has 1 unspecified atom stereocenters. The number of thiocarbonyl (C=S) groups is 1. The first-order valence-corrected chi connectivity index (χ1v) is 6.04. The van der Waals surface area contributed by atoms with E-state index in [4.69, 9.17) is 18.0 Å². The molecular formula is C11H22N2OS. The number of amides is 1. The Bertz CT molecular complexity index is 207. The zero-order valence-electron chi connectivity index (χ0n) is 9.71. The fourth-order valence-corrected chi connectivity index (χ4v) is 1.66. The van der Waals surface area contributed by atoms with E-state index in [-0.39, 0.29) is 11.9 Å². The van der Waals surface area contributed by atoms with Gasteiger partial charge in [-0.3, -0.25) is 4.79 Å². The highest BCUT2D eigenvalue weighted by Gasteiger charge is 2.07. The summed E-state index contributed by atoms with van der Waals surface area (Å²) in [6.07, 6.45) is 5.69. The Morgan fingerprint density at radius 1 is 1.40 bits per heavy atom. The molecule has 0 bridgehead atoms. The number of nitrogens with one attached hydrogen (secondary N) is 1. The molecule has 0 aliphatic carbocycles. The SMILES string of the molecule is CCCCCCC(=O)NC(C)CC(N)=S. The second-order valence-corrected chi connectivity index (χ2v) is 4.47. The van der Waals surface area contributed by atoms with E-state index < -0.39 is 0 Å². The molecule has 3 nitrogen and oxygen atoms in total. The molecule has 3 N–H and O–H groups in total. The van der Waals surface area contributed by atoms with Gasteiger partial charge >= 0.3 is 0 Å². The van der Waals surface area contributed by atoms with Crippen LogP contribution in [0.15, 0.2) is 0 Å². The molecule has 0 aromatic rings. The monoisotopic (exact) mass is 230 g/mol. The van der Waals surface area contributed by atoms with Crippen LogP contribution in [0.3, 0.4) is 0 Å². The van der Waals surface area contributed by atoms with Gasteiger partial charge in [0.1, 0.15) is 0 Å². The fraction of sp³-hybridized carbons (Fsp3) is 0.818. The number of carbonyl (C=O) groups is 1. The van der Waals surface area contributed by atoms with Gasteiger partial charge in [0, 0.05) is 18.9 Å². The normalized spacial score (nSPS) is 12.1. The number of rotatable bonds is 8. The number of unbranched alkanes of at least 4 members (excludes halogenated alkanes) is 3. The number of carbonyl (C=O) groups excluding carboxylic acids is 1. The zero-order chi connectivity index (χ0) is 11.7. The lowest BCUT2D eigenvalue weighted by molar-refractivity contribution is -0.121. The molecule has 0 aromatic carbocycles. The van der Waals surface area contributed by atoms with Crippen molar-refractivity contribution in [1.29, 1.82) is 0 Å². The van der Waals surface area contributed by atoms with Gasteiger partial charge in [-0.1, -0.05) is 38.4 Å². The molecular weight excluding hydrogens is 208 g/mol. The molecule has 0 heterocycles. The van der Waals surface area contributed by atoms with Crippen molar-refractivity contribution in [2.75, 3.05) is 0 Å². The molecule has 88 valence electrons. The van der Waals surface area contributed by atoms with Crippen molar-refractivity contribution in [2.24, 2.45) is 5.73 Å². The van der Waals surface area contributed by atoms with Gasteiger partial charge in [0.2, 0.25) is 5.91 Å². The van der Waals surface area contributed by atoms with Gasteiger partial charge in [-0.05, 0) is 13.3 Å². The molecule has 0 radical (unpaired) electrons. The van der Waals surface area contributed by atoms with Gasteiger partial charge in [-0.2, -0.15) is 0 Å². The van der Waals surface area contributed by atoms with Crippen LogP contribution in [0.4, 0.5) is 0 Å². The number of nitrogens with two attached hydrogens (primary N) is 1. The summed E-state index contributed by atoms with van der Waals surface area (Å²) in [7, 11) is 0. The molecule has 0 fully saturated rings. The predicted molar refractivity (Wildman–Crippen MR) is 67.8 cm³/mol. The van der Waals surface area contributed by atoms with Gasteiger partial charge < -0.3 is 11.1 Å². The van der Waals surface area contributed by atoms with E-state index >= 15 is 0 Å². The van der Waals surface area contributed by atoms with Crippen molar-refractivity contribution >= 4 is 23.1 Å². The minimum atomic E-state index is 0.0566. The third-order valence-corrected chi connectivity index (χ3v) is 2.34. The van der Waals surface area contributed by atoms with Gasteiger partial charge in [-0.15, -0.1) is 0 Å². The van der Waals surface area contributed by atoms with E-state index in [0.717, 1.165) is 12.8 Å². The summed E-state index contributed by atoms with van der Waals surface area (Å²) >= 11 is 4.77. The van der Waals surface area contributed by atoms with Crippen molar-refractivity contribution in [3.05, 3.63) is 0 Å². The Balaban J connectivity index is 3.51. The minimum absolute atomic E-state index is 0.0566. The first-order valence-electron chi connectivity index (χ1n) is 5.64. The second kappa shape index (κ2) is 8.65. The Morgan fingerprint density at radius 2 is 2.07 bits per heavy atom. The first-order chi connectivity index (χ1) is 7.06. The van der Waals surface area contributed by atoms with Crippen LogP contribution in [0.5, 0.6) is 0 Å². The summed E-state index contributed by atoms with van der Waals surface area (Å²) in [5.41, 5.74) is 5.39. The van der Waals surface area contributed by atoms with E-state index in [9.17, 15) is 4.79 Å². The van der Waals surface area contributed by atoms with Crippen LogP contribution in [0.2, 0.25) is 0 Å². The predicted octanol–water partition coefficient (Wildman–Crippen LogP) is 2.14. The Kier molecular flexibility index (Phi) is 8.28. The summed E-state index contributed by atoms with van der Waals surface area (Å²) in [6.45, 7) is 4.08. The summed E-state index contributed by atoms with van der Waals surface area (Å²) in [5, 5.41) is 2.88. The van der Waals surface area contributed by atoms with Crippen molar-refractivity contribution in [1.82, 2.24) is 5.32 Å². The summed E-state index contributed by atoms with van der Waals surface area (Å²) < 4.78 is 0. The van der Waals surface area contributed by atoms with Crippen LogP contribution < -0.4 is 11.1 Å². The summed E-state index contributed by atoms with van der Waals surface area (Å²) in [4.78, 5) is 11.9. The van der Waals surface area contributed by atoms with E-state index in [2.05, 4.69) is 12.2 Å². The lowest BCUT2D eigenvalue weighted by Crippen LogP contribution is -2.35. The number of hydrogen-bond donors (Lipinski definition) is 2. The maximum atomic E-state index is 11.4. The number of hydrogen-bond acceptors (Lipinski definition) is 2.